The molecule has 2 amide bonds. The maximum atomic E-state index is 13.1. The number of rotatable bonds is 5. The van der Waals surface area contributed by atoms with Crippen molar-refractivity contribution in [3.05, 3.63) is 90.0 Å². The number of nitrogens with zero attached hydrogens (tertiary/aromatic N) is 1. The largest absolute Gasteiger partial charge is 0.457 e. The maximum absolute atomic E-state index is 13.1. The second-order valence-corrected chi connectivity index (χ2v) is 7.91. The number of anilines is 1. The number of amides is 2. The fourth-order valence-corrected chi connectivity index (χ4v) is 3.74. The molecule has 3 aromatic rings. The van der Waals surface area contributed by atoms with Gasteiger partial charge in [-0.15, -0.1) is 11.8 Å². The third kappa shape index (κ3) is 4.68. The number of benzene rings is 3. The topological polar surface area (TPSA) is 58.6 Å². The van der Waals surface area contributed by atoms with E-state index in [0.29, 0.717) is 17.2 Å². The summed E-state index contributed by atoms with van der Waals surface area (Å²) in [5.41, 5.74) is 1.32. The maximum Gasteiger partial charge on any atom is 0.270 e. The Morgan fingerprint density at radius 1 is 0.903 bits per heavy atom. The highest BCUT2D eigenvalue weighted by atomic mass is 32.2. The SMILES string of the molecule is CSc1ccc(C=C2C(=O)NC(=S)N(c3ccc(Oc4ccccc4)cc3)C2=O)cc1. The first-order chi connectivity index (χ1) is 15.0. The van der Waals surface area contributed by atoms with Gasteiger partial charge in [0.1, 0.15) is 17.1 Å². The summed E-state index contributed by atoms with van der Waals surface area (Å²) in [6.45, 7) is 0. The Bertz CT molecular complexity index is 1160. The molecule has 1 aliphatic heterocycles. The molecular formula is C24H18N2O3S2. The predicted molar refractivity (Wildman–Crippen MR) is 127 cm³/mol. The van der Waals surface area contributed by atoms with E-state index in [2.05, 4.69) is 5.32 Å². The Kier molecular flexibility index (Phi) is 6.16. The molecule has 0 atom stereocenters. The molecule has 4 rings (SSSR count). The van der Waals surface area contributed by atoms with E-state index >= 15 is 0 Å². The molecule has 1 saturated heterocycles. The van der Waals surface area contributed by atoms with Crippen LogP contribution in [0.1, 0.15) is 5.56 Å². The lowest BCUT2D eigenvalue weighted by molar-refractivity contribution is -0.122. The van der Waals surface area contributed by atoms with Crippen molar-refractivity contribution in [1.29, 1.82) is 0 Å². The van der Waals surface area contributed by atoms with Gasteiger partial charge in [-0.2, -0.15) is 0 Å². The Balaban J connectivity index is 1.58. The summed E-state index contributed by atoms with van der Waals surface area (Å²) in [6.07, 6.45) is 3.56. The summed E-state index contributed by atoms with van der Waals surface area (Å²) >= 11 is 6.88. The van der Waals surface area contributed by atoms with Crippen LogP contribution < -0.4 is 15.0 Å². The van der Waals surface area contributed by atoms with Crippen molar-refractivity contribution in [3.8, 4) is 11.5 Å². The first-order valence-corrected chi connectivity index (χ1v) is 11.1. The molecule has 0 radical (unpaired) electrons. The fourth-order valence-electron chi connectivity index (χ4n) is 3.05. The molecule has 154 valence electrons. The molecule has 1 aliphatic rings. The molecule has 31 heavy (non-hydrogen) atoms. The normalized spacial score (nSPS) is 15.2. The lowest BCUT2D eigenvalue weighted by Crippen LogP contribution is -2.54. The lowest BCUT2D eigenvalue weighted by Gasteiger charge is -2.29. The van der Waals surface area contributed by atoms with Crippen molar-refractivity contribution in [3.63, 3.8) is 0 Å². The average molecular weight is 447 g/mol. The number of para-hydroxylation sites is 1. The van der Waals surface area contributed by atoms with E-state index in [1.54, 1.807) is 42.1 Å². The Labute approximate surface area is 189 Å². The number of hydrogen-bond acceptors (Lipinski definition) is 5. The first-order valence-electron chi connectivity index (χ1n) is 9.43. The van der Waals surface area contributed by atoms with E-state index in [-0.39, 0.29) is 10.7 Å². The van der Waals surface area contributed by atoms with Crippen LogP contribution in [0.25, 0.3) is 6.08 Å². The molecule has 0 saturated carbocycles. The van der Waals surface area contributed by atoms with Gasteiger partial charge in [-0.25, -0.2) is 0 Å². The monoisotopic (exact) mass is 446 g/mol. The molecule has 3 aromatic carbocycles. The quantitative estimate of drug-likeness (QED) is 0.258. The second kappa shape index (κ2) is 9.16. The summed E-state index contributed by atoms with van der Waals surface area (Å²) in [5.74, 6) is 0.354. The first kappa shape index (κ1) is 20.8. The summed E-state index contributed by atoms with van der Waals surface area (Å²) in [5, 5.41) is 2.64. The Morgan fingerprint density at radius 3 is 2.19 bits per heavy atom. The molecular weight excluding hydrogens is 428 g/mol. The molecule has 0 aliphatic carbocycles. The number of carbonyl (C=O) groups is 2. The fraction of sp³-hybridized carbons (Fsp3) is 0.0417. The van der Waals surface area contributed by atoms with Crippen LogP contribution in [0.3, 0.4) is 0 Å². The highest BCUT2D eigenvalue weighted by molar-refractivity contribution is 7.98. The van der Waals surface area contributed by atoms with Crippen LogP contribution in [0.4, 0.5) is 5.69 Å². The number of nitrogens with one attached hydrogen (secondary N) is 1. The molecule has 7 heteroatoms. The summed E-state index contributed by atoms with van der Waals surface area (Å²) < 4.78 is 5.79. The van der Waals surface area contributed by atoms with Gasteiger partial charge in [0.15, 0.2) is 5.11 Å². The van der Waals surface area contributed by atoms with Crippen molar-refractivity contribution in [2.75, 3.05) is 11.2 Å². The third-order valence-corrected chi connectivity index (χ3v) is 5.63. The van der Waals surface area contributed by atoms with Crippen LogP contribution >= 0.6 is 24.0 Å². The minimum atomic E-state index is -0.510. The molecule has 0 spiro atoms. The van der Waals surface area contributed by atoms with E-state index in [9.17, 15) is 9.59 Å². The van der Waals surface area contributed by atoms with Crippen molar-refractivity contribution in [2.24, 2.45) is 0 Å². The minimum absolute atomic E-state index is 0.0233. The molecule has 1 N–H and O–H groups in total. The predicted octanol–water partition coefficient (Wildman–Crippen LogP) is 5.03. The van der Waals surface area contributed by atoms with Crippen LogP contribution in [-0.4, -0.2) is 23.2 Å². The number of ether oxygens (including phenoxy) is 1. The van der Waals surface area contributed by atoms with Gasteiger partial charge in [0, 0.05) is 4.90 Å². The molecule has 0 aromatic heterocycles. The average Bonchev–Trinajstić information content (AvgIpc) is 2.79. The van der Waals surface area contributed by atoms with E-state index < -0.39 is 11.8 Å². The number of carbonyl (C=O) groups excluding carboxylic acids is 2. The van der Waals surface area contributed by atoms with Gasteiger partial charge in [-0.3, -0.25) is 19.8 Å². The number of hydrogen-bond donors (Lipinski definition) is 1. The second-order valence-electron chi connectivity index (χ2n) is 6.64. The molecule has 1 heterocycles. The van der Waals surface area contributed by atoms with Gasteiger partial charge in [-0.1, -0.05) is 30.3 Å². The van der Waals surface area contributed by atoms with Gasteiger partial charge in [0.2, 0.25) is 0 Å². The van der Waals surface area contributed by atoms with Crippen molar-refractivity contribution < 1.29 is 14.3 Å². The Hall–Kier alpha value is -3.42. The van der Waals surface area contributed by atoms with E-state index in [1.807, 2.05) is 60.9 Å². The van der Waals surface area contributed by atoms with Crippen LogP contribution in [0.5, 0.6) is 11.5 Å². The van der Waals surface area contributed by atoms with Gasteiger partial charge < -0.3 is 4.74 Å². The number of thioether (sulfide) groups is 1. The van der Waals surface area contributed by atoms with Crippen molar-refractivity contribution in [2.45, 2.75) is 4.90 Å². The zero-order chi connectivity index (χ0) is 21.8. The molecule has 1 fully saturated rings. The van der Waals surface area contributed by atoms with E-state index in [4.69, 9.17) is 17.0 Å². The highest BCUT2D eigenvalue weighted by Gasteiger charge is 2.34. The van der Waals surface area contributed by atoms with E-state index in [0.717, 1.165) is 10.5 Å². The lowest BCUT2D eigenvalue weighted by atomic mass is 10.1. The third-order valence-electron chi connectivity index (χ3n) is 4.60. The van der Waals surface area contributed by atoms with Crippen LogP contribution in [-0.2, 0) is 9.59 Å². The zero-order valence-corrected chi connectivity index (χ0v) is 18.2. The van der Waals surface area contributed by atoms with Gasteiger partial charge in [-0.05, 0) is 78.6 Å². The smallest absolute Gasteiger partial charge is 0.270 e. The zero-order valence-electron chi connectivity index (χ0n) is 16.6. The molecule has 0 unspecified atom stereocenters. The van der Waals surface area contributed by atoms with Crippen LogP contribution in [0, 0.1) is 0 Å². The summed E-state index contributed by atoms with van der Waals surface area (Å²) in [4.78, 5) is 28.0. The van der Waals surface area contributed by atoms with Gasteiger partial charge in [0.05, 0.1) is 5.69 Å². The van der Waals surface area contributed by atoms with Gasteiger partial charge >= 0.3 is 0 Å². The van der Waals surface area contributed by atoms with Gasteiger partial charge in [0.25, 0.3) is 11.8 Å². The van der Waals surface area contributed by atoms with Crippen LogP contribution in [0.15, 0.2) is 89.3 Å². The summed E-state index contributed by atoms with van der Waals surface area (Å²) in [6, 6.07) is 24.0. The van der Waals surface area contributed by atoms with Crippen molar-refractivity contribution >= 4 is 52.7 Å². The highest BCUT2D eigenvalue weighted by Crippen LogP contribution is 2.27. The minimum Gasteiger partial charge on any atom is -0.457 e. The van der Waals surface area contributed by atoms with E-state index in [1.165, 1.54) is 4.90 Å². The van der Waals surface area contributed by atoms with Crippen molar-refractivity contribution in [1.82, 2.24) is 5.32 Å². The number of thiocarbonyl (C=S) groups is 1. The summed E-state index contributed by atoms with van der Waals surface area (Å²) in [7, 11) is 0. The molecule has 5 nitrogen and oxygen atoms in total. The molecule has 0 bridgehead atoms. The standard InChI is InChI=1S/C24H18N2O3S2/c1-31-20-13-7-16(8-14-20)15-21-22(27)25-24(30)26(23(21)28)17-9-11-19(12-10-17)29-18-5-3-2-4-6-18/h2-15H,1H3,(H,25,27,30). The van der Waals surface area contributed by atoms with Crippen LogP contribution in [0.2, 0.25) is 0 Å². The Morgan fingerprint density at radius 2 is 1.55 bits per heavy atom.